The highest BCUT2D eigenvalue weighted by Crippen LogP contribution is 2.37. The fourth-order valence-electron chi connectivity index (χ4n) is 3.91. The fourth-order valence-corrected chi connectivity index (χ4v) is 4.09. The van der Waals surface area contributed by atoms with Gasteiger partial charge in [-0.05, 0) is 36.5 Å². The predicted octanol–water partition coefficient (Wildman–Crippen LogP) is 3.42. The maximum Gasteiger partial charge on any atom is 0.230 e. The molecule has 2 aliphatic heterocycles. The van der Waals surface area contributed by atoms with Crippen molar-refractivity contribution in [2.24, 2.45) is 0 Å². The van der Waals surface area contributed by atoms with Gasteiger partial charge in [-0.25, -0.2) is 4.98 Å². The first-order valence-corrected chi connectivity index (χ1v) is 9.78. The molecule has 1 saturated heterocycles. The first kappa shape index (κ1) is 19.2. The number of carbonyl (C=O) groups is 1. The van der Waals surface area contributed by atoms with Crippen molar-refractivity contribution >= 4 is 28.9 Å². The van der Waals surface area contributed by atoms with Crippen LogP contribution in [0.15, 0.2) is 36.7 Å². The SMILES string of the molecule is COc1cc(NC(=O)Cc2ccc(C3=CC4CCC(C3)N4C#N)nc2)ncc1Cl. The van der Waals surface area contributed by atoms with Gasteiger partial charge in [0.2, 0.25) is 5.91 Å². The molecule has 2 unspecified atom stereocenters. The number of anilines is 1. The largest absolute Gasteiger partial charge is 0.495 e. The minimum Gasteiger partial charge on any atom is -0.495 e. The second-order valence-electron chi connectivity index (χ2n) is 7.18. The summed E-state index contributed by atoms with van der Waals surface area (Å²) in [7, 11) is 1.51. The van der Waals surface area contributed by atoms with Gasteiger partial charge < -0.3 is 15.0 Å². The number of nitrogens with one attached hydrogen (secondary N) is 1. The van der Waals surface area contributed by atoms with Gasteiger partial charge in [-0.15, -0.1) is 0 Å². The molecular formula is C21H20ClN5O2. The number of hydrogen-bond acceptors (Lipinski definition) is 6. The Balaban J connectivity index is 1.40. The van der Waals surface area contributed by atoms with Crippen LogP contribution in [0.25, 0.3) is 5.57 Å². The van der Waals surface area contributed by atoms with Crippen molar-refractivity contribution in [1.82, 2.24) is 14.9 Å². The third-order valence-electron chi connectivity index (χ3n) is 5.34. The molecule has 2 atom stereocenters. The summed E-state index contributed by atoms with van der Waals surface area (Å²) in [5.41, 5.74) is 2.90. The van der Waals surface area contributed by atoms with E-state index in [1.54, 1.807) is 12.3 Å². The van der Waals surface area contributed by atoms with E-state index in [1.807, 2.05) is 17.0 Å². The van der Waals surface area contributed by atoms with Crippen LogP contribution in [-0.4, -0.2) is 40.0 Å². The Labute approximate surface area is 174 Å². The lowest BCUT2D eigenvalue weighted by molar-refractivity contribution is -0.115. The monoisotopic (exact) mass is 409 g/mol. The third-order valence-corrected chi connectivity index (χ3v) is 5.62. The van der Waals surface area contributed by atoms with Crippen LogP contribution >= 0.6 is 11.6 Å². The highest BCUT2D eigenvalue weighted by molar-refractivity contribution is 6.32. The molecule has 29 heavy (non-hydrogen) atoms. The van der Waals surface area contributed by atoms with E-state index in [4.69, 9.17) is 16.3 Å². The first-order chi connectivity index (χ1) is 14.1. The minimum atomic E-state index is -0.198. The molecular weight excluding hydrogens is 390 g/mol. The summed E-state index contributed by atoms with van der Waals surface area (Å²) in [5, 5.41) is 12.4. The van der Waals surface area contributed by atoms with Gasteiger partial charge in [-0.3, -0.25) is 9.78 Å². The number of methoxy groups -OCH3 is 1. The number of fused-ring (bicyclic) bond motifs is 2. The zero-order valence-corrected chi connectivity index (χ0v) is 16.7. The Morgan fingerprint density at radius 3 is 2.93 bits per heavy atom. The Bertz CT molecular complexity index is 999. The van der Waals surface area contributed by atoms with Crippen molar-refractivity contribution in [1.29, 1.82) is 5.26 Å². The number of carbonyl (C=O) groups excluding carboxylic acids is 1. The molecule has 1 fully saturated rings. The first-order valence-electron chi connectivity index (χ1n) is 9.41. The van der Waals surface area contributed by atoms with E-state index in [1.165, 1.54) is 18.9 Å². The zero-order chi connectivity index (χ0) is 20.4. The standard InChI is InChI=1S/C21H20ClN5O2/c1-29-19-9-20(25-11-17(19)22)26-21(28)6-13-2-5-18(24-10-13)14-7-15-3-4-16(8-14)27(15)12-23/h2,5,7,9-11,15-16H,3-4,6,8H2,1H3,(H,25,26,28). The lowest BCUT2D eigenvalue weighted by Crippen LogP contribution is -2.34. The van der Waals surface area contributed by atoms with Crippen molar-refractivity contribution in [3.8, 4) is 11.9 Å². The van der Waals surface area contributed by atoms with Crippen LogP contribution in [0, 0.1) is 11.5 Å². The number of rotatable bonds is 5. The molecule has 1 N–H and O–H groups in total. The molecule has 0 radical (unpaired) electrons. The van der Waals surface area contributed by atoms with E-state index in [0.717, 1.165) is 30.5 Å². The van der Waals surface area contributed by atoms with Crippen LogP contribution in [0.1, 0.15) is 30.5 Å². The highest BCUT2D eigenvalue weighted by atomic mass is 35.5. The summed E-state index contributed by atoms with van der Waals surface area (Å²) >= 11 is 5.95. The molecule has 1 amide bonds. The van der Waals surface area contributed by atoms with Crippen molar-refractivity contribution in [2.75, 3.05) is 12.4 Å². The van der Waals surface area contributed by atoms with Crippen LogP contribution in [0.5, 0.6) is 5.75 Å². The van der Waals surface area contributed by atoms with Crippen molar-refractivity contribution < 1.29 is 9.53 Å². The number of ether oxygens (including phenoxy) is 1. The maximum atomic E-state index is 12.3. The minimum absolute atomic E-state index is 0.185. The normalized spacial score (nSPS) is 20.0. The van der Waals surface area contributed by atoms with E-state index in [-0.39, 0.29) is 24.4 Å². The number of hydrogen-bond donors (Lipinski definition) is 1. The maximum absolute atomic E-state index is 12.3. The van der Waals surface area contributed by atoms with E-state index >= 15 is 0 Å². The molecule has 2 aromatic rings. The van der Waals surface area contributed by atoms with Gasteiger partial charge in [0.15, 0.2) is 6.19 Å². The molecule has 4 heterocycles. The molecule has 2 aliphatic rings. The molecule has 0 spiro atoms. The van der Waals surface area contributed by atoms with Crippen molar-refractivity contribution in [2.45, 2.75) is 37.8 Å². The fraction of sp³-hybridized carbons (Fsp3) is 0.333. The van der Waals surface area contributed by atoms with Gasteiger partial charge in [-0.2, -0.15) is 5.26 Å². The number of nitriles is 1. The Hall–Kier alpha value is -3.11. The summed E-state index contributed by atoms with van der Waals surface area (Å²) in [6.07, 6.45) is 10.7. The Kier molecular flexibility index (Phi) is 5.36. The van der Waals surface area contributed by atoms with Crippen LogP contribution in [-0.2, 0) is 11.2 Å². The van der Waals surface area contributed by atoms with Crippen LogP contribution in [0.3, 0.4) is 0 Å². The molecule has 2 bridgehead atoms. The predicted molar refractivity (Wildman–Crippen MR) is 109 cm³/mol. The topological polar surface area (TPSA) is 91.1 Å². The molecule has 8 heteroatoms. The van der Waals surface area contributed by atoms with Gasteiger partial charge >= 0.3 is 0 Å². The molecule has 148 valence electrons. The van der Waals surface area contributed by atoms with Gasteiger partial charge in [0.1, 0.15) is 16.6 Å². The van der Waals surface area contributed by atoms with Crippen molar-refractivity contribution in [3.05, 3.63) is 52.9 Å². The Morgan fingerprint density at radius 1 is 1.38 bits per heavy atom. The van der Waals surface area contributed by atoms with Gasteiger partial charge in [0, 0.05) is 18.3 Å². The summed E-state index contributed by atoms with van der Waals surface area (Å²) < 4.78 is 5.13. The average molecular weight is 410 g/mol. The molecule has 0 saturated carbocycles. The van der Waals surface area contributed by atoms with Crippen LogP contribution < -0.4 is 10.1 Å². The number of halogens is 1. The molecule has 4 rings (SSSR count). The molecule has 7 nitrogen and oxygen atoms in total. The molecule has 2 aromatic heterocycles. The highest BCUT2D eigenvalue weighted by Gasteiger charge is 2.36. The second-order valence-corrected chi connectivity index (χ2v) is 7.59. The van der Waals surface area contributed by atoms with Gasteiger partial charge in [-0.1, -0.05) is 23.7 Å². The number of pyridine rings is 2. The van der Waals surface area contributed by atoms with Crippen LogP contribution in [0.4, 0.5) is 5.82 Å². The van der Waals surface area contributed by atoms with E-state index in [9.17, 15) is 10.1 Å². The van der Waals surface area contributed by atoms with E-state index < -0.39 is 0 Å². The third kappa shape index (κ3) is 4.03. The quantitative estimate of drug-likeness (QED) is 0.761. The summed E-state index contributed by atoms with van der Waals surface area (Å²) in [4.78, 5) is 22.8. The lowest BCUT2D eigenvalue weighted by Gasteiger charge is -2.29. The number of nitrogens with zero attached hydrogens (tertiary/aromatic N) is 4. The molecule has 0 aliphatic carbocycles. The van der Waals surface area contributed by atoms with E-state index in [0.29, 0.717) is 16.6 Å². The lowest BCUT2D eigenvalue weighted by atomic mass is 9.98. The molecule has 0 aromatic carbocycles. The Morgan fingerprint density at radius 2 is 2.24 bits per heavy atom. The zero-order valence-electron chi connectivity index (χ0n) is 15.9. The number of aromatic nitrogens is 2. The smallest absolute Gasteiger partial charge is 0.230 e. The van der Waals surface area contributed by atoms with E-state index in [2.05, 4.69) is 27.6 Å². The summed E-state index contributed by atoms with van der Waals surface area (Å²) in [6, 6.07) is 5.90. The average Bonchev–Trinajstić information content (AvgIpc) is 2.97. The second kappa shape index (κ2) is 8.10. The summed E-state index contributed by atoms with van der Waals surface area (Å²) in [5.74, 6) is 0.634. The number of amides is 1. The van der Waals surface area contributed by atoms with Crippen LogP contribution in [0.2, 0.25) is 5.02 Å². The van der Waals surface area contributed by atoms with Gasteiger partial charge in [0.05, 0.1) is 31.5 Å². The van der Waals surface area contributed by atoms with Crippen molar-refractivity contribution in [3.63, 3.8) is 0 Å². The van der Waals surface area contributed by atoms with Gasteiger partial charge in [0.25, 0.3) is 0 Å². The summed E-state index contributed by atoms with van der Waals surface area (Å²) in [6.45, 7) is 0.